The van der Waals surface area contributed by atoms with Gasteiger partial charge >= 0.3 is 0 Å². The Labute approximate surface area is 193 Å². The van der Waals surface area contributed by atoms with E-state index < -0.39 is 0 Å². The minimum absolute atomic E-state index is 0. The number of hydrogen-bond donors (Lipinski definition) is 1. The van der Waals surface area contributed by atoms with Crippen LogP contribution in [0.25, 0.3) is 0 Å². The number of benzene rings is 1. The highest BCUT2D eigenvalue weighted by atomic mass is 127. The number of likely N-dealkylation sites (tertiary alicyclic amines) is 1. The molecule has 0 saturated carbocycles. The largest absolute Gasteiger partial charge is 0.379 e. The zero-order chi connectivity index (χ0) is 19.8. The van der Waals surface area contributed by atoms with Crippen LogP contribution in [0.2, 0.25) is 0 Å². The Hall–Kier alpha value is -0.900. The first kappa shape index (κ1) is 24.4. The van der Waals surface area contributed by atoms with Gasteiger partial charge in [-0.2, -0.15) is 0 Å². The fourth-order valence-electron chi connectivity index (χ4n) is 4.08. The maximum Gasteiger partial charge on any atom is 0.193 e. The fourth-order valence-corrected chi connectivity index (χ4v) is 4.08. The maximum absolute atomic E-state index is 5.47. The van der Waals surface area contributed by atoms with Crippen LogP contribution in [0.3, 0.4) is 0 Å². The number of aliphatic imine (C=N–C) groups is 1. The number of morpholine rings is 1. The third kappa shape index (κ3) is 7.70. The van der Waals surface area contributed by atoms with Crippen molar-refractivity contribution in [1.82, 2.24) is 20.0 Å². The lowest BCUT2D eigenvalue weighted by molar-refractivity contribution is 0.0315. The van der Waals surface area contributed by atoms with Crippen molar-refractivity contribution in [3.05, 3.63) is 35.9 Å². The van der Waals surface area contributed by atoms with Gasteiger partial charge in [-0.25, -0.2) is 0 Å². The lowest BCUT2D eigenvalue weighted by atomic mass is 10.1. The average molecular weight is 515 g/mol. The normalized spacial score (nSPS) is 21.9. The molecule has 3 rings (SSSR count). The molecule has 2 atom stereocenters. The summed E-state index contributed by atoms with van der Waals surface area (Å²) < 4.78 is 5.47. The van der Waals surface area contributed by atoms with Crippen molar-refractivity contribution in [3.8, 4) is 0 Å². The quantitative estimate of drug-likeness (QED) is 0.343. The van der Waals surface area contributed by atoms with Crippen LogP contribution in [0, 0.1) is 5.92 Å². The van der Waals surface area contributed by atoms with Crippen LogP contribution in [-0.2, 0) is 11.3 Å². The second-order valence-corrected chi connectivity index (χ2v) is 8.19. The molecule has 7 heteroatoms. The van der Waals surface area contributed by atoms with E-state index in [2.05, 4.69) is 69.3 Å². The van der Waals surface area contributed by atoms with Crippen LogP contribution < -0.4 is 5.32 Å². The zero-order valence-corrected chi connectivity index (χ0v) is 20.5. The van der Waals surface area contributed by atoms with Crippen LogP contribution in [0.1, 0.15) is 18.9 Å². The highest BCUT2D eigenvalue weighted by Crippen LogP contribution is 2.18. The Balaban J connectivity index is 0.00000300. The second kappa shape index (κ2) is 12.7. The summed E-state index contributed by atoms with van der Waals surface area (Å²) in [6.45, 7) is 11.5. The molecule has 1 aromatic carbocycles. The Morgan fingerprint density at radius 3 is 2.66 bits per heavy atom. The van der Waals surface area contributed by atoms with E-state index in [1.807, 2.05) is 7.05 Å². The van der Waals surface area contributed by atoms with Crippen LogP contribution in [-0.4, -0.2) is 93.3 Å². The van der Waals surface area contributed by atoms with E-state index in [4.69, 9.17) is 4.74 Å². The summed E-state index contributed by atoms with van der Waals surface area (Å²) in [5.74, 6) is 1.78. The zero-order valence-electron chi connectivity index (χ0n) is 18.2. The van der Waals surface area contributed by atoms with Gasteiger partial charge in [0, 0.05) is 58.9 Å². The summed E-state index contributed by atoms with van der Waals surface area (Å²) in [5, 5.41) is 3.60. The molecule has 6 nitrogen and oxygen atoms in total. The van der Waals surface area contributed by atoms with Crippen molar-refractivity contribution in [2.45, 2.75) is 25.9 Å². The van der Waals surface area contributed by atoms with Gasteiger partial charge in [0.1, 0.15) is 0 Å². The first-order valence-electron chi connectivity index (χ1n) is 10.7. The van der Waals surface area contributed by atoms with Crippen LogP contribution in [0.5, 0.6) is 0 Å². The predicted molar refractivity (Wildman–Crippen MR) is 131 cm³/mol. The second-order valence-electron chi connectivity index (χ2n) is 8.19. The molecule has 2 heterocycles. The van der Waals surface area contributed by atoms with Gasteiger partial charge < -0.3 is 15.0 Å². The van der Waals surface area contributed by atoms with Crippen molar-refractivity contribution < 1.29 is 4.74 Å². The van der Waals surface area contributed by atoms with E-state index in [0.717, 1.165) is 64.4 Å². The van der Waals surface area contributed by atoms with Gasteiger partial charge in [0.05, 0.1) is 13.2 Å². The lowest BCUT2D eigenvalue weighted by Crippen LogP contribution is -2.46. The molecular formula is C22H38IN5O. The van der Waals surface area contributed by atoms with Gasteiger partial charge in [-0.1, -0.05) is 30.3 Å². The van der Waals surface area contributed by atoms with E-state index in [9.17, 15) is 0 Å². The van der Waals surface area contributed by atoms with Crippen molar-refractivity contribution in [3.63, 3.8) is 0 Å². The smallest absolute Gasteiger partial charge is 0.193 e. The molecule has 164 valence electrons. The first-order chi connectivity index (χ1) is 13.7. The Kier molecular flexibility index (Phi) is 10.7. The van der Waals surface area contributed by atoms with E-state index in [1.54, 1.807) is 0 Å². The van der Waals surface area contributed by atoms with Gasteiger partial charge in [-0.3, -0.25) is 14.8 Å². The molecule has 1 N–H and O–H groups in total. The molecule has 1 aromatic rings. The Morgan fingerprint density at radius 1 is 1.24 bits per heavy atom. The Bertz CT molecular complexity index is 608. The number of rotatable bonds is 7. The number of nitrogens with one attached hydrogen (secondary N) is 1. The van der Waals surface area contributed by atoms with Crippen LogP contribution in [0.15, 0.2) is 35.3 Å². The highest BCUT2D eigenvalue weighted by molar-refractivity contribution is 14.0. The summed E-state index contributed by atoms with van der Waals surface area (Å²) in [6, 6.07) is 11.1. The topological polar surface area (TPSA) is 43.3 Å². The summed E-state index contributed by atoms with van der Waals surface area (Å²) >= 11 is 0. The first-order valence-corrected chi connectivity index (χ1v) is 10.7. The molecule has 29 heavy (non-hydrogen) atoms. The van der Waals surface area contributed by atoms with Gasteiger partial charge in [0.2, 0.25) is 0 Å². The summed E-state index contributed by atoms with van der Waals surface area (Å²) in [7, 11) is 4.09. The molecule has 2 fully saturated rings. The molecule has 0 amide bonds. The monoisotopic (exact) mass is 515 g/mol. The van der Waals surface area contributed by atoms with Gasteiger partial charge in [0.15, 0.2) is 5.96 Å². The molecule has 0 bridgehead atoms. The highest BCUT2D eigenvalue weighted by Gasteiger charge is 2.27. The number of nitrogens with zero attached hydrogens (tertiary/aromatic N) is 4. The molecule has 0 radical (unpaired) electrons. The van der Waals surface area contributed by atoms with Crippen LogP contribution >= 0.6 is 24.0 Å². The minimum atomic E-state index is 0. The van der Waals surface area contributed by atoms with E-state index in [0.29, 0.717) is 6.04 Å². The summed E-state index contributed by atoms with van der Waals surface area (Å²) in [4.78, 5) is 11.9. The summed E-state index contributed by atoms with van der Waals surface area (Å²) in [5.41, 5.74) is 1.35. The lowest BCUT2D eigenvalue weighted by Gasteiger charge is -2.30. The standard InChI is InChI=1S/C22H37N5O.HI/c1-19(25(3)16-20-7-5-4-6-8-20)15-24-22(23-2)27-10-9-21(18-27)17-26-11-13-28-14-12-26;/h4-8,19,21H,9-18H2,1-3H3,(H,23,24);1H. The number of guanidine groups is 1. The molecule has 2 aliphatic heterocycles. The molecule has 2 unspecified atom stereocenters. The van der Waals surface area contributed by atoms with Crippen molar-refractivity contribution >= 4 is 29.9 Å². The van der Waals surface area contributed by atoms with Gasteiger partial charge in [0.25, 0.3) is 0 Å². The minimum Gasteiger partial charge on any atom is -0.379 e. The molecule has 2 saturated heterocycles. The number of hydrogen-bond acceptors (Lipinski definition) is 4. The maximum atomic E-state index is 5.47. The fraction of sp³-hybridized carbons (Fsp3) is 0.682. The predicted octanol–water partition coefficient (Wildman–Crippen LogP) is 2.35. The molecule has 0 aliphatic carbocycles. The number of ether oxygens (including phenoxy) is 1. The molecule has 0 aromatic heterocycles. The molecule has 0 spiro atoms. The van der Waals surface area contributed by atoms with E-state index in [-0.39, 0.29) is 24.0 Å². The third-order valence-corrected chi connectivity index (χ3v) is 6.00. The van der Waals surface area contributed by atoms with Crippen molar-refractivity contribution in [1.29, 1.82) is 0 Å². The van der Waals surface area contributed by atoms with Gasteiger partial charge in [-0.15, -0.1) is 24.0 Å². The number of likely N-dealkylation sites (N-methyl/N-ethyl adjacent to an activating group) is 1. The molecule has 2 aliphatic rings. The Morgan fingerprint density at radius 2 is 1.97 bits per heavy atom. The van der Waals surface area contributed by atoms with Gasteiger partial charge in [-0.05, 0) is 31.9 Å². The average Bonchev–Trinajstić information content (AvgIpc) is 3.18. The summed E-state index contributed by atoms with van der Waals surface area (Å²) in [6.07, 6.45) is 1.25. The van der Waals surface area contributed by atoms with Crippen LogP contribution in [0.4, 0.5) is 0 Å². The van der Waals surface area contributed by atoms with E-state index in [1.165, 1.54) is 18.5 Å². The number of halogens is 1. The van der Waals surface area contributed by atoms with Crippen molar-refractivity contribution in [2.75, 3.05) is 66.6 Å². The van der Waals surface area contributed by atoms with E-state index >= 15 is 0 Å². The van der Waals surface area contributed by atoms with Crippen molar-refractivity contribution in [2.24, 2.45) is 10.9 Å². The SMILES string of the molecule is CN=C(NCC(C)N(C)Cc1ccccc1)N1CCC(CN2CCOCC2)C1.I. The molecular weight excluding hydrogens is 477 g/mol. The third-order valence-electron chi connectivity index (χ3n) is 6.00.